The van der Waals surface area contributed by atoms with E-state index in [1.165, 1.54) is 6.07 Å². The van der Waals surface area contributed by atoms with Crippen molar-refractivity contribution in [2.24, 2.45) is 0 Å². The molecule has 0 saturated heterocycles. The van der Waals surface area contributed by atoms with Crippen LogP contribution in [-0.2, 0) is 11.3 Å². The molecule has 32 heavy (non-hydrogen) atoms. The van der Waals surface area contributed by atoms with Gasteiger partial charge < -0.3 is 10.2 Å². The molecule has 0 radical (unpaired) electrons. The third-order valence-corrected chi connectivity index (χ3v) is 5.94. The van der Waals surface area contributed by atoms with Crippen LogP contribution in [0.15, 0.2) is 78.9 Å². The predicted octanol–water partition coefficient (Wildman–Crippen LogP) is 5.53. The molecule has 4 rings (SSSR count). The van der Waals surface area contributed by atoms with Crippen LogP contribution in [-0.4, -0.2) is 22.8 Å². The minimum Gasteiger partial charge on any atom is -0.345 e. The molecule has 0 aromatic heterocycles. The van der Waals surface area contributed by atoms with Gasteiger partial charge in [-0.3, -0.25) is 9.59 Å². The molecule has 0 aliphatic heterocycles. The molecule has 6 heteroatoms. The standard InChI is InChI=1S/C26H24ClFN2O2/c27-22-12-6-5-11-21(22)26(32)29-24(18-8-2-1-3-9-18)16-25(31)30(20-14-15-20)17-19-10-4-7-13-23(19)28/h1-13,20,24H,14-17H2,(H,29,32). The number of benzene rings is 3. The van der Waals surface area contributed by atoms with E-state index in [2.05, 4.69) is 5.32 Å². The Morgan fingerprint density at radius 1 is 0.969 bits per heavy atom. The highest BCUT2D eigenvalue weighted by Gasteiger charge is 2.34. The van der Waals surface area contributed by atoms with Crippen LogP contribution in [0.5, 0.6) is 0 Å². The molecule has 3 aromatic carbocycles. The van der Waals surface area contributed by atoms with E-state index in [4.69, 9.17) is 11.6 Å². The van der Waals surface area contributed by atoms with Crippen molar-refractivity contribution in [2.45, 2.75) is 37.9 Å². The van der Waals surface area contributed by atoms with Gasteiger partial charge in [0.05, 0.1) is 23.0 Å². The number of amides is 2. The Balaban J connectivity index is 1.54. The summed E-state index contributed by atoms with van der Waals surface area (Å²) in [5.74, 6) is -0.786. The van der Waals surface area contributed by atoms with E-state index in [-0.39, 0.29) is 36.6 Å². The zero-order chi connectivity index (χ0) is 22.5. The van der Waals surface area contributed by atoms with Gasteiger partial charge in [-0.25, -0.2) is 4.39 Å². The van der Waals surface area contributed by atoms with Crippen LogP contribution in [0.1, 0.15) is 46.8 Å². The first-order chi connectivity index (χ1) is 15.5. The summed E-state index contributed by atoms with van der Waals surface area (Å²) in [5.41, 5.74) is 1.67. The third-order valence-electron chi connectivity index (χ3n) is 5.61. The molecule has 0 heterocycles. The van der Waals surface area contributed by atoms with Crippen molar-refractivity contribution in [3.05, 3.63) is 106 Å². The molecule has 1 fully saturated rings. The Bertz CT molecular complexity index is 1100. The summed E-state index contributed by atoms with van der Waals surface area (Å²) in [6, 6.07) is 22.3. The molecule has 1 atom stereocenters. The highest BCUT2D eigenvalue weighted by molar-refractivity contribution is 6.33. The zero-order valence-electron chi connectivity index (χ0n) is 17.5. The summed E-state index contributed by atoms with van der Waals surface area (Å²) in [7, 11) is 0. The van der Waals surface area contributed by atoms with Crippen molar-refractivity contribution < 1.29 is 14.0 Å². The summed E-state index contributed by atoms with van der Waals surface area (Å²) < 4.78 is 14.2. The number of hydrogen-bond donors (Lipinski definition) is 1. The molecule has 3 aromatic rings. The van der Waals surface area contributed by atoms with E-state index in [1.807, 2.05) is 30.3 Å². The molecule has 0 bridgehead atoms. The van der Waals surface area contributed by atoms with Crippen LogP contribution in [0.4, 0.5) is 4.39 Å². The number of rotatable bonds is 8. The summed E-state index contributed by atoms with van der Waals surface area (Å²) >= 11 is 6.19. The van der Waals surface area contributed by atoms with Crippen LogP contribution in [0.3, 0.4) is 0 Å². The first kappa shape index (κ1) is 22.0. The fraction of sp³-hybridized carbons (Fsp3) is 0.231. The van der Waals surface area contributed by atoms with Crippen molar-refractivity contribution in [2.75, 3.05) is 0 Å². The van der Waals surface area contributed by atoms with Gasteiger partial charge in [0.25, 0.3) is 5.91 Å². The van der Waals surface area contributed by atoms with Gasteiger partial charge in [-0.2, -0.15) is 0 Å². The number of carbonyl (C=O) groups excluding carboxylic acids is 2. The molecule has 2 amide bonds. The Labute approximate surface area is 192 Å². The van der Waals surface area contributed by atoms with Gasteiger partial charge in [-0.1, -0.05) is 72.3 Å². The molecular weight excluding hydrogens is 427 g/mol. The molecule has 1 unspecified atom stereocenters. The Kier molecular flexibility index (Phi) is 6.86. The normalized spacial score (nSPS) is 13.9. The first-order valence-corrected chi connectivity index (χ1v) is 11.0. The predicted molar refractivity (Wildman–Crippen MR) is 123 cm³/mol. The van der Waals surface area contributed by atoms with Gasteiger partial charge in [0, 0.05) is 18.2 Å². The quantitative estimate of drug-likeness (QED) is 0.490. The average Bonchev–Trinajstić information content (AvgIpc) is 3.64. The van der Waals surface area contributed by atoms with E-state index in [0.29, 0.717) is 16.1 Å². The molecule has 1 N–H and O–H groups in total. The minimum absolute atomic E-state index is 0.0746. The molecule has 1 aliphatic carbocycles. The van der Waals surface area contributed by atoms with Gasteiger partial charge in [-0.05, 0) is 36.6 Å². The molecule has 1 aliphatic rings. The van der Waals surface area contributed by atoms with Crippen molar-refractivity contribution in [1.82, 2.24) is 10.2 Å². The lowest BCUT2D eigenvalue weighted by molar-refractivity contribution is -0.133. The Morgan fingerprint density at radius 3 is 2.31 bits per heavy atom. The maximum Gasteiger partial charge on any atom is 0.253 e. The van der Waals surface area contributed by atoms with Crippen molar-refractivity contribution in [1.29, 1.82) is 0 Å². The molecule has 1 saturated carbocycles. The summed E-state index contributed by atoms with van der Waals surface area (Å²) in [6.07, 6.45) is 1.88. The smallest absolute Gasteiger partial charge is 0.253 e. The second kappa shape index (κ2) is 9.96. The summed E-state index contributed by atoms with van der Waals surface area (Å²) in [6.45, 7) is 0.218. The van der Waals surface area contributed by atoms with Gasteiger partial charge in [-0.15, -0.1) is 0 Å². The fourth-order valence-corrected chi connectivity index (χ4v) is 3.95. The van der Waals surface area contributed by atoms with E-state index >= 15 is 0 Å². The highest BCUT2D eigenvalue weighted by atomic mass is 35.5. The van der Waals surface area contributed by atoms with Crippen LogP contribution in [0, 0.1) is 5.82 Å². The topological polar surface area (TPSA) is 49.4 Å². The van der Waals surface area contributed by atoms with Crippen LogP contribution >= 0.6 is 11.6 Å². The number of carbonyl (C=O) groups is 2. The molecule has 4 nitrogen and oxygen atoms in total. The second-order valence-corrected chi connectivity index (χ2v) is 8.37. The maximum atomic E-state index is 14.2. The van der Waals surface area contributed by atoms with Gasteiger partial charge in [0.2, 0.25) is 5.91 Å². The largest absolute Gasteiger partial charge is 0.345 e. The number of halogens is 2. The SMILES string of the molecule is O=C(NC(CC(=O)N(Cc1ccccc1F)C1CC1)c1ccccc1)c1ccccc1Cl. The lowest BCUT2D eigenvalue weighted by Gasteiger charge is -2.26. The van der Waals surface area contributed by atoms with E-state index in [9.17, 15) is 14.0 Å². The highest BCUT2D eigenvalue weighted by Crippen LogP contribution is 2.31. The summed E-state index contributed by atoms with van der Waals surface area (Å²) in [5, 5.41) is 3.32. The lowest BCUT2D eigenvalue weighted by atomic mass is 10.0. The fourth-order valence-electron chi connectivity index (χ4n) is 3.73. The lowest BCUT2D eigenvalue weighted by Crippen LogP contribution is -2.37. The second-order valence-electron chi connectivity index (χ2n) is 7.96. The summed E-state index contributed by atoms with van der Waals surface area (Å²) in [4.78, 5) is 28.0. The molecular formula is C26H24ClFN2O2. The van der Waals surface area contributed by atoms with Gasteiger partial charge in [0.1, 0.15) is 5.82 Å². The molecule has 0 spiro atoms. The number of nitrogens with one attached hydrogen (secondary N) is 1. The third kappa shape index (κ3) is 5.35. The van der Waals surface area contributed by atoms with E-state index < -0.39 is 6.04 Å². The number of nitrogens with zero attached hydrogens (tertiary/aromatic N) is 1. The number of hydrogen-bond acceptors (Lipinski definition) is 2. The van der Waals surface area contributed by atoms with Crippen molar-refractivity contribution in [3.63, 3.8) is 0 Å². The van der Waals surface area contributed by atoms with E-state index in [0.717, 1.165) is 18.4 Å². The van der Waals surface area contributed by atoms with E-state index in [1.54, 1.807) is 47.4 Å². The van der Waals surface area contributed by atoms with Crippen LogP contribution in [0.25, 0.3) is 0 Å². The van der Waals surface area contributed by atoms with Crippen molar-refractivity contribution >= 4 is 23.4 Å². The van der Waals surface area contributed by atoms with Crippen LogP contribution in [0.2, 0.25) is 5.02 Å². The maximum absolute atomic E-state index is 14.2. The monoisotopic (exact) mass is 450 g/mol. The van der Waals surface area contributed by atoms with Gasteiger partial charge in [0.15, 0.2) is 0 Å². The Morgan fingerprint density at radius 2 is 1.62 bits per heavy atom. The first-order valence-electron chi connectivity index (χ1n) is 10.7. The van der Waals surface area contributed by atoms with Gasteiger partial charge >= 0.3 is 0 Å². The average molecular weight is 451 g/mol. The molecule has 164 valence electrons. The van der Waals surface area contributed by atoms with Crippen LogP contribution < -0.4 is 5.32 Å². The zero-order valence-corrected chi connectivity index (χ0v) is 18.3. The van der Waals surface area contributed by atoms with Crippen molar-refractivity contribution in [3.8, 4) is 0 Å². The Hall–Kier alpha value is -3.18. The minimum atomic E-state index is -0.533.